The van der Waals surface area contributed by atoms with Crippen LogP contribution in [0.5, 0.6) is 0 Å². The smallest absolute Gasteiger partial charge is 0.306 e. The number of esters is 1. The molecular weight excluding hydrogens is 242 g/mol. The lowest BCUT2D eigenvalue weighted by atomic mass is 10.3. The van der Waals surface area contributed by atoms with Crippen LogP contribution < -0.4 is 5.32 Å². The zero-order chi connectivity index (χ0) is 13.3. The standard InChI is InChI=1S/C11H21NO4S/c1-4-16-11(14)6-5-10(13)12-8-7-9(2)17(3)15/h9H,4-8H2,1-3H3,(H,12,13). The van der Waals surface area contributed by atoms with Crippen molar-refractivity contribution in [2.45, 2.75) is 38.4 Å². The number of amides is 1. The summed E-state index contributed by atoms with van der Waals surface area (Å²) in [5.74, 6) is -0.530. The van der Waals surface area contributed by atoms with Gasteiger partial charge in [0.1, 0.15) is 0 Å². The van der Waals surface area contributed by atoms with E-state index in [2.05, 4.69) is 5.32 Å². The molecule has 1 N–H and O–H groups in total. The third-order valence-electron chi connectivity index (χ3n) is 2.30. The van der Waals surface area contributed by atoms with E-state index < -0.39 is 10.8 Å². The highest BCUT2D eigenvalue weighted by atomic mass is 32.2. The summed E-state index contributed by atoms with van der Waals surface area (Å²) in [5, 5.41) is 2.75. The molecule has 0 aliphatic carbocycles. The Kier molecular flexibility index (Phi) is 8.66. The molecule has 0 aromatic carbocycles. The Morgan fingerprint density at radius 2 is 2.00 bits per heavy atom. The second kappa shape index (κ2) is 9.15. The Bertz CT molecular complexity index is 281. The highest BCUT2D eigenvalue weighted by Gasteiger charge is 2.09. The van der Waals surface area contributed by atoms with Crippen LogP contribution in [0.25, 0.3) is 0 Å². The van der Waals surface area contributed by atoms with Gasteiger partial charge >= 0.3 is 5.97 Å². The number of ether oxygens (including phenoxy) is 1. The quantitative estimate of drug-likeness (QED) is 0.651. The van der Waals surface area contributed by atoms with Crippen LogP contribution in [0.15, 0.2) is 0 Å². The molecule has 0 aliphatic heterocycles. The molecule has 17 heavy (non-hydrogen) atoms. The fraction of sp³-hybridized carbons (Fsp3) is 0.818. The van der Waals surface area contributed by atoms with E-state index in [1.807, 2.05) is 6.92 Å². The van der Waals surface area contributed by atoms with Gasteiger partial charge in [0.15, 0.2) is 0 Å². The Morgan fingerprint density at radius 3 is 2.53 bits per heavy atom. The molecular formula is C11H21NO4S. The van der Waals surface area contributed by atoms with E-state index in [0.717, 1.165) is 0 Å². The number of carbonyl (C=O) groups is 2. The van der Waals surface area contributed by atoms with Crippen molar-refractivity contribution in [2.24, 2.45) is 0 Å². The molecule has 0 spiro atoms. The molecule has 0 fully saturated rings. The van der Waals surface area contributed by atoms with E-state index in [4.69, 9.17) is 4.74 Å². The van der Waals surface area contributed by atoms with Gasteiger partial charge in [-0.05, 0) is 13.3 Å². The predicted molar refractivity (Wildman–Crippen MR) is 67.0 cm³/mol. The summed E-state index contributed by atoms with van der Waals surface area (Å²) in [5.41, 5.74) is 0. The van der Waals surface area contributed by atoms with Gasteiger partial charge in [0.25, 0.3) is 0 Å². The lowest BCUT2D eigenvalue weighted by Crippen LogP contribution is -2.27. The van der Waals surface area contributed by atoms with E-state index in [-0.39, 0.29) is 30.0 Å². The first-order valence-corrected chi connectivity index (χ1v) is 7.34. The van der Waals surface area contributed by atoms with Crippen LogP contribution in [-0.4, -0.2) is 40.7 Å². The van der Waals surface area contributed by atoms with Gasteiger partial charge in [-0.2, -0.15) is 0 Å². The van der Waals surface area contributed by atoms with Gasteiger partial charge < -0.3 is 10.1 Å². The summed E-state index contributed by atoms with van der Waals surface area (Å²) in [6, 6.07) is 0. The van der Waals surface area contributed by atoms with E-state index >= 15 is 0 Å². The van der Waals surface area contributed by atoms with E-state index in [1.54, 1.807) is 13.2 Å². The summed E-state index contributed by atoms with van der Waals surface area (Å²) >= 11 is 0. The van der Waals surface area contributed by atoms with Gasteiger partial charge in [-0.25, -0.2) is 0 Å². The molecule has 5 nitrogen and oxygen atoms in total. The molecule has 1 amide bonds. The fourth-order valence-corrected chi connectivity index (χ4v) is 1.57. The van der Waals surface area contributed by atoms with E-state index in [1.165, 1.54) is 0 Å². The van der Waals surface area contributed by atoms with Crippen molar-refractivity contribution < 1.29 is 18.5 Å². The monoisotopic (exact) mass is 263 g/mol. The first-order chi connectivity index (χ1) is 7.97. The van der Waals surface area contributed by atoms with Crippen molar-refractivity contribution in [3.63, 3.8) is 0 Å². The van der Waals surface area contributed by atoms with Crippen LogP contribution >= 0.6 is 0 Å². The molecule has 2 unspecified atom stereocenters. The lowest BCUT2D eigenvalue weighted by Gasteiger charge is -2.09. The van der Waals surface area contributed by atoms with Crippen LogP contribution in [-0.2, 0) is 25.1 Å². The Balaban J connectivity index is 3.60. The van der Waals surface area contributed by atoms with Crippen molar-refractivity contribution in [1.29, 1.82) is 0 Å². The van der Waals surface area contributed by atoms with Crippen LogP contribution in [0.3, 0.4) is 0 Å². The third kappa shape index (κ3) is 8.85. The normalized spacial score (nSPS) is 13.8. The number of hydrogen-bond acceptors (Lipinski definition) is 4. The lowest BCUT2D eigenvalue weighted by molar-refractivity contribution is -0.144. The summed E-state index contributed by atoms with van der Waals surface area (Å²) < 4.78 is 15.8. The zero-order valence-corrected chi connectivity index (χ0v) is 11.5. The molecule has 0 saturated heterocycles. The topological polar surface area (TPSA) is 72.5 Å². The molecule has 0 aromatic heterocycles. The maximum Gasteiger partial charge on any atom is 0.306 e. The molecule has 0 bridgehead atoms. The first kappa shape index (κ1) is 16.1. The van der Waals surface area contributed by atoms with Crippen LogP contribution in [0.4, 0.5) is 0 Å². The van der Waals surface area contributed by atoms with Gasteiger partial charge in [0.2, 0.25) is 5.91 Å². The SMILES string of the molecule is CCOC(=O)CCC(=O)NCCC(C)S(C)=O. The second-order valence-corrected chi connectivity index (χ2v) is 5.55. The van der Waals surface area contributed by atoms with Gasteiger partial charge in [0.05, 0.1) is 13.0 Å². The Morgan fingerprint density at radius 1 is 1.35 bits per heavy atom. The minimum atomic E-state index is -0.864. The number of nitrogens with one attached hydrogen (secondary N) is 1. The molecule has 2 atom stereocenters. The molecule has 0 saturated carbocycles. The van der Waals surface area contributed by atoms with E-state index in [9.17, 15) is 13.8 Å². The largest absolute Gasteiger partial charge is 0.466 e. The second-order valence-electron chi connectivity index (χ2n) is 3.75. The van der Waals surface area contributed by atoms with Gasteiger partial charge in [-0.3, -0.25) is 13.8 Å². The van der Waals surface area contributed by atoms with Crippen molar-refractivity contribution in [1.82, 2.24) is 5.32 Å². The average Bonchev–Trinajstić information content (AvgIpc) is 2.26. The van der Waals surface area contributed by atoms with Crippen molar-refractivity contribution in [2.75, 3.05) is 19.4 Å². The third-order valence-corrected chi connectivity index (χ3v) is 3.67. The minimum Gasteiger partial charge on any atom is -0.466 e. The van der Waals surface area contributed by atoms with Gasteiger partial charge in [0, 0.05) is 35.3 Å². The Hall–Kier alpha value is -0.910. The van der Waals surface area contributed by atoms with Gasteiger partial charge in [-0.1, -0.05) is 6.92 Å². The molecule has 0 heterocycles. The fourth-order valence-electron chi connectivity index (χ4n) is 1.12. The van der Waals surface area contributed by atoms with Crippen LogP contribution in [0.1, 0.15) is 33.1 Å². The van der Waals surface area contributed by atoms with Crippen LogP contribution in [0, 0.1) is 0 Å². The molecule has 0 aromatic rings. The molecule has 100 valence electrons. The van der Waals surface area contributed by atoms with Crippen LogP contribution in [0.2, 0.25) is 0 Å². The summed E-state index contributed by atoms with van der Waals surface area (Å²) in [4.78, 5) is 22.3. The van der Waals surface area contributed by atoms with Crippen molar-refractivity contribution in [3.8, 4) is 0 Å². The van der Waals surface area contributed by atoms with Crippen molar-refractivity contribution >= 4 is 22.7 Å². The summed E-state index contributed by atoms with van der Waals surface area (Å²) in [7, 11) is -0.864. The van der Waals surface area contributed by atoms with Crippen molar-refractivity contribution in [3.05, 3.63) is 0 Å². The zero-order valence-electron chi connectivity index (χ0n) is 10.7. The molecule has 0 aliphatic rings. The minimum absolute atomic E-state index is 0.0698. The summed E-state index contributed by atoms with van der Waals surface area (Å²) in [6.45, 7) is 4.42. The summed E-state index contributed by atoms with van der Waals surface area (Å²) in [6.07, 6.45) is 2.57. The molecule has 0 radical (unpaired) electrons. The highest BCUT2D eigenvalue weighted by molar-refractivity contribution is 7.84. The maximum absolute atomic E-state index is 11.3. The van der Waals surface area contributed by atoms with Gasteiger partial charge in [-0.15, -0.1) is 0 Å². The average molecular weight is 263 g/mol. The molecule has 6 heteroatoms. The number of hydrogen-bond donors (Lipinski definition) is 1. The maximum atomic E-state index is 11.3. The predicted octanol–water partition coefficient (Wildman–Crippen LogP) is 0.603. The molecule has 0 rings (SSSR count). The first-order valence-electron chi connectivity index (χ1n) is 5.72. The highest BCUT2D eigenvalue weighted by Crippen LogP contribution is 1.98. The van der Waals surface area contributed by atoms with E-state index in [0.29, 0.717) is 19.6 Å². The Labute approximate surface area is 105 Å². The number of carbonyl (C=O) groups excluding carboxylic acids is 2. The number of rotatable bonds is 8.